The second-order valence-electron chi connectivity index (χ2n) is 6.01. The van der Waals surface area contributed by atoms with E-state index in [9.17, 15) is 14.7 Å². The van der Waals surface area contributed by atoms with Gasteiger partial charge in [0, 0.05) is 23.4 Å². The van der Waals surface area contributed by atoms with Gasteiger partial charge in [0.15, 0.2) is 5.76 Å². The molecule has 0 saturated carbocycles. The molecule has 2 aromatic heterocycles. The van der Waals surface area contributed by atoms with Crippen LogP contribution >= 0.6 is 11.8 Å². The van der Waals surface area contributed by atoms with E-state index in [2.05, 4.69) is 4.98 Å². The molecule has 0 aliphatic carbocycles. The van der Waals surface area contributed by atoms with Crippen molar-refractivity contribution in [1.29, 1.82) is 0 Å². The molecule has 2 heterocycles. The highest BCUT2D eigenvalue weighted by molar-refractivity contribution is 7.98. The minimum absolute atomic E-state index is 0.0366. The standard InChI is InChI=1S/C21H19NO5S/c1-26-19(24)11-17(14-6-5-9-22-12-14)21-20(25)18(23)10-15(27-21)13-28-16-7-3-2-4-8-16/h2-10,12,17,25H,11,13H2,1H3/t17-/m0/s1. The fourth-order valence-electron chi connectivity index (χ4n) is 2.73. The molecule has 28 heavy (non-hydrogen) atoms. The summed E-state index contributed by atoms with van der Waals surface area (Å²) >= 11 is 1.50. The van der Waals surface area contributed by atoms with E-state index in [0.29, 0.717) is 17.1 Å². The summed E-state index contributed by atoms with van der Waals surface area (Å²) in [6.45, 7) is 0. The quantitative estimate of drug-likeness (QED) is 0.480. The van der Waals surface area contributed by atoms with Gasteiger partial charge in [0.05, 0.1) is 25.2 Å². The van der Waals surface area contributed by atoms with E-state index >= 15 is 0 Å². The Bertz CT molecular complexity index is 989. The van der Waals surface area contributed by atoms with Gasteiger partial charge in [-0.2, -0.15) is 0 Å². The summed E-state index contributed by atoms with van der Waals surface area (Å²) in [6.07, 6.45) is 3.08. The number of aromatic hydroxyl groups is 1. The highest BCUT2D eigenvalue weighted by Gasteiger charge is 2.26. The molecular formula is C21H19NO5S. The first-order valence-electron chi connectivity index (χ1n) is 8.59. The van der Waals surface area contributed by atoms with Gasteiger partial charge in [-0.1, -0.05) is 24.3 Å². The molecule has 6 nitrogen and oxygen atoms in total. The van der Waals surface area contributed by atoms with E-state index in [1.807, 2.05) is 30.3 Å². The average Bonchev–Trinajstić information content (AvgIpc) is 2.74. The van der Waals surface area contributed by atoms with Crippen molar-refractivity contribution in [2.45, 2.75) is 23.0 Å². The van der Waals surface area contributed by atoms with Gasteiger partial charge in [-0.15, -0.1) is 11.8 Å². The molecule has 1 atom stereocenters. The molecule has 144 valence electrons. The number of nitrogens with zero attached hydrogens (tertiary/aromatic N) is 1. The number of carbonyl (C=O) groups is 1. The topological polar surface area (TPSA) is 89.6 Å². The Hall–Kier alpha value is -3.06. The number of benzene rings is 1. The van der Waals surface area contributed by atoms with Crippen LogP contribution in [0.4, 0.5) is 0 Å². The van der Waals surface area contributed by atoms with Crippen molar-refractivity contribution >= 4 is 17.7 Å². The highest BCUT2D eigenvalue weighted by Crippen LogP contribution is 2.34. The zero-order valence-electron chi connectivity index (χ0n) is 15.2. The monoisotopic (exact) mass is 397 g/mol. The number of rotatable bonds is 7. The van der Waals surface area contributed by atoms with Crippen molar-refractivity contribution in [3.8, 4) is 5.75 Å². The van der Waals surface area contributed by atoms with Crippen LogP contribution in [-0.2, 0) is 15.3 Å². The highest BCUT2D eigenvalue weighted by atomic mass is 32.2. The molecule has 0 spiro atoms. The number of thioether (sulfide) groups is 1. The van der Waals surface area contributed by atoms with Gasteiger partial charge in [0.2, 0.25) is 11.2 Å². The van der Waals surface area contributed by atoms with E-state index in [1.54, 1.807) is 24.5 Å². The number of hydrogen-bond donors (Lipinski definition) is 1. The molecule has 3 rings (SSSR count). The van der Waals surface area contributed by atoms with Crippen LogP contribution in [0, 0.1) is 0 Å². The molecule has 0 unspecified atom stereocenters. The number of hydrogen-bond acceptors (Lipinski definition) is 7. The molecule has 0 aliphatic heterocycles. The Kier molecular flexibility index (Phi) is 6.49. The molecule has 7 heteroatoms. The average molecular weight is 397 g/mol. The second-order valence-corrected chi connectivity index (χ2v) is 7.06. The summed E-state index contributed by atoms with van der Waals surface area (Å²) in [7, 11) is 1.28. The Morgan fingerprint density at radius 3 is 2.71 bits per heavy atom. The number of aromatic nitrogens is 1. The lowest BCUT2D eigenvalue weighted by Gasteiger charge is -2.17. The third kappa shape index (κ3) is 4.80. The van der Waals surface area contributed by atoms with Crippen LogP contribution in [-0.4, -0.2) is 23.2 Å². The number of pyridine rings is 1. The largest absolute Gasteiger partial charge is 0.502 e. The first-order chi connectivity index (χ1) is 13.6. The normalized spacial score (nSPS) is 11.8. The minimum atomic E-state index is -0.685. The van der Waals surface area contributed by atoms with Crippen molar-refractivity contribution in [2.75, 3.05) is 7.11 Å². The van der Waals surface area contributed by atoms with Crippen LogP contribution in [0.15, 0.2) is 75.0 Å². The van der Waals surface area contributed by atoms with Crippen LogP contribution < -0.4 is 5.43 Å². The fraction of sp³-hybridized carbons (Fsp3) is 0.190. The van der Waals surface area contributed by atoms with Crippen molar-refractivity contribution < 1.29 is 19.1 Å². The van der Waals surface area contributed by atoms with Crippen molar-refractivity contribution in [3.05, 3.63) is 88.2 Å². The Morgan fingerprint density at radius 1 is 1.25 bits per heavy atom. The molecule has 3 aromatic rings. The molecule has 0 amide bonds. The summed E-state index contributed by atoms with van der Waals surface area (Å²) < 4.78 is 10.6. The molecule has 1 aromatic carbocycles. The summed E-state index contributed by atoms with van der Waals surface area (Å²) in [6, 6.07) is 14.4. The molecular weight excluding hydrogens is 378 g/mol. The number of ether oxygens (including phenoxy) is 1. The zero-order valence-corrected chi connectivity index (χ0v) is 16.0. The van der Waals surface area contributed by atoms with E-state index in [-0.39, 0.29) is 12.2 Å². The summed E-state index contributed by atoms with van der Waals surface area (Å²) in [5.74, 6) is -0.827. The minimum Gasteiger partial charge on any atom is -0.502 e. The van der Waals surface area contributed by atoms with Gasteiger partial charge in [-0.3, -0.25) is 14.6 Å². The number of methoxy groups -OCH3 is 1. The molecule has 1 N–H and O–H groups in total. The first kappa shape index (κ1) is 19.7. The third-order valence-electron chi connectivity index (χ3n) is 4.13. The van der Waals surface area contributed by atoms with Crippen molar-refractivity contribution in [2.24, 2.45) is 0 Å². The van der Waals surface area contributed by atoms with Gasteiger partial charge < -0.3 is 14.3 Å². The van der Waals surface area contributed by atoms with Crippen LogP contribution in [0.1, 0.15) is 29.4 Å². The molecule has 0 fully saturated rings. The van der Waals surface area contributed by atoms with Crippen LogP contribution in [0.3, 0.4) is 0 Å². The Balaban J connectivity index is 1.96. The molecule has 0 aliphatic rings. The van der Waals surface area contributed by atoms with Gasteiger partial charge in [0.25, 0.3) is 0 Å². The third-order valence-corrected chi connectivity index (χ3v) is 5.16. The number of esters is 1. The van der Waals surface area contributed by atoms with E-state index in [4.69, 9.17) is 9.15 Å². The van der Waals surface area contributed by atoms with Crippen LogP contribution in [0.2, 0.25) is 0 Å². The van der Waals surface area contributed by atoms with Crippen LogP contribution in [0.25, 0.3) is 0 Å². The maximum Gasteiger partial charge on any atom is 0.306 e. The summed E-state index contributed by atoms with van der Waals surface area (Å²) in [5, 5.41) is 10.3. The SMILES string of the molecule is COC(=O)C[C@@H](c1cccnc1)c1oc(CSc2ccccc2)cc(=O)c1O. The molecule has 0 radical (unpaired) electrons. The fourth-order valence-corrected chi connectivity index (χ4v) is 3.53. The lowest BCUT2D eigenvalue weighted by atomic mass is 9.93. The first-order valence-corrected chi connectivity index (χ1v) is 9.57. The van der Waals surface area contributed by atoms with Crippen molar-refractivity contribution in [1.82, 2.24) is 4.98 Å². The smallest absolute Gasteiger partial charge is 0.306 e. The van der Waals surface area contributed by atoms with Gasteiger partial charge in [-0.05, 0) is 23.8 Å². The van der Waals surface area contributed by atoms with E-state index in [1.165, 1.54) is 24.9 Å². The second kappa shape index (κ2) is 9.23. The predicted octanol–water partition coefficient (Wildman–Crippen LogP) is 3.73. The lowest BCUT2D eigenvalue weighted by molar-refractivity contribution is -0.140. The van der Waals surface area contributed by atoms with E-state index < -0.39 is 23.1 Å². The molecule has 0 saturated heterocycles. The van der Waals surface area contributed by atoms with Gasteiger partial charge in [0.1, 0.15) is 5.76 Å². The maximum absolute atomic E-state index is 12.3. The predicted molar refractivity (Wildman–Crippen MR) is 105 cm³/mol. The Morgan fingerprint density at radius 2 is 2.04 bits per heavy atom. The Labute approximate surface area is 166 Å². The summed E-state index contributed by atoms with van der Waals surface area (Å²) in [5.41, 5.74) is 0.0860. The van der Waals surface area contributed by atoms with E-state index in [0.717, 1.165) is 4.90 Å². The maximum atomic E-state index is 12.3. The van der Waals surface area contributed by atoms with Gasteiger partial charge >= 0.3 is 5.97 Å². The zero-order chi connectivity index (χ0) is 19.9. The lowest BCUT2D eigenvalue weighted by Crippen LogP contribution is -2.14. The number of carbonyl (C=O) groups excluding carboxylic acids is 1. The molecule has 0 bridgehead atoms. The summed E-state index contributed by atoms with van der Waals surface area (Å²) in [4.78, 5) is 29.3. The van der Waals surface area contributed by atoms with Gasteiger partial charge in [-0.25, -0.2) is 0 Å². The van der Waals surface area contributed by atoms with Crippen molar-refractivity contribution in [3.63, 3.8) is 0 Å². The van der Waals surface area contributed by atoms with Crippen LogP contribution in [0.5, 0.6) is 5.75 Å².